The van der Waals surface area contributed by atoms with E-state index >= 15 is 0 Å². The number of benzene rings is 10. The van der Waals surface area contributed by atoms with Gasteiger partial charge in [-0.15, -0.1) is 0 Å². The average Bonchev–Trinajstić information content (AvgIpc) is 3.64. The summed E-state index contributed by atoms with van der Waals surface area (Å²) in [4.78, 5) is 4.84. The fourth-order valence-corrected chi connectivity index (χ4v) is 9.34. The molecule has 11 aromatic rings. The lowest BCUT2D eigenvalue weighted by molar-refractivity contribution is 1.20. The smallest absolute Gasteiger partial charge is 0.0562 e. The van der Waals surface area contributed by atoms with Gasteiger partial charge in [0.2, 0.25) is 0 Å². The van der Waals surface area contributed by atoms with Gasteiger partial charge in [-0.05, 0) is 123 Å². The first kappa shape index (κ1) is 33.3. The molecule has 1 aliphatic heterocycles. The second-order valence-corrected chi connectivity index (χ2v) is 15.4. The minimum atomic E-state index is 1.09. The molecular weight excluding hydrogens is 715 g/mol. The highest BCUT2D eigenvalue weighted by atomic mass is 15.2. The van der Waals surface area contributed by atoms with E-state index in [0.717, 1.165) is 56.4 Å². The Morgan fingerprint density at radius 1 is 0.254 bits per heavy atom. The van der Waals surface area contributed by atoms with Gasteiger partial charge < -0.3 is 14.4 Å². The first-order valence-corrected chi connectivity index (χ1v) is 20.3. The van der Waals surface area contributed by atoms with Crippen LogP contribution < -0.4 is 9.80 Å². The van der Waals surface area contributed by atoms with Crippen LogP contribution >= 0.6 is 0 Å². The first-order valence-electron chi connectivity index (χ1n) is 20.3. The molecule has 3 heteroatoms. The highest BCUT2D eigenvalue weighted by molar-refractivity contribution is 6.17. The molecule has 8 bridgehead atoms. The number of aromatic nitrogens is 1. The molecule has 276 valence electrons. The molecule has 0 radical (unpaired) electrons. The Labute approximate surface area is 342 Å². The van der Waals surface area contributed by atoms with Gasteiger partial charge in [-0.25, -0.2) is 0 Å². The van der Waals surface area contributed by atoms with Crippen LogP contribution in [0.1, 0.15) is 0 Å². The Bertz CT molecular complexity index is 3330. The number of rotatable bonds is 3. The lowest BCUT2D eigenvalue weighted by Crippen LogP contribution is -2.11. The summed E-state index contributed by atoms with van der Waals surface area (Å²) in [6.45, 7) is 0. The van der Waals surface area contributed by atoms with E-state index in [4.69, 9.17) is 0 Å². The Kier molecular flexibility index (Phi) is 7.54. The lowest BCUT2D eigenvalue weighted by atomic mass is 9.99. The molecule has 0 unspecified atom stereocenters. The van der Waals surface area contributed by atoms with Crippen molar-refractivity contribution in [1.82, 2.24) is 4.57 Å². The van der Waals surface area contributed by atoms with Crippen molar-refractivity contribution >= 4 is 77.5 Å². The van der Waals surface area contributed by atoms with Crippen molar-refractivity contribution in [2.75, 3.05) is 9.80 Å². The molecule has 2 heterocycles. The van der Waals surface area contributed by atoms with Crippen LogP contribution in [0.15, 0.2) is 224 Å². The van der Waals surface area contributed by atoms with E-state index in [2.05, 4.69) is 239 Å². The fourth-order valence-electron chi connectivity index (χ4n) is 9.34. The highest BCUT2D eigenvalue weighted by Gasteiger charge is 2.23. The molecule has 0 spiro atoms. The van der Waals surface area contributed by atoms with Gasteiger partial charge >= 0.3 is 0 Å². The summed E-state index contributed by atoms with van der Waals surface area (Å²) in [5.41, 5.74) is 14.8. The van der Waals surface area contributed by atoms with Gasteiger partial charge in [-0.1, -0.05) is 140 Å². The molecule has 1 aliphatic rings. The number of anilines is 6. The molecule has 0 saturated heterocycles. The summed E-state index contributed by atoms with van der Waals surface area (Å²) in [7, 11) is 0. The second-order valence-electron chi connectivity index (χ2n) is 15.4. The Morgan fingerprint density at radius 3 is 1.37 bits per heavy atom. The molecule has 0 amide bonds. The minimum absolute atomic E-state index is 1.09. The second kappa shape index (κ2) is 13.4. The number of fused-ring (bicyclic) bond motifs is 15. The highest BCUT2D eigenvalue weighted by Crippen LogP contribution is 2.47. The fraction of sp³-hybridized carbons (Fsp3) is 0. The van der Waals surface area contributed by atoms with E-state index in [1.54, 1.807) is 0 Å². The zero-order valence-corrected chi connectivity index (χ0v) is 32.2. The number of hydrogen-bond acceptors (Lipinski definition) is 2. The predicted molar refractivity (Wildman–Crippen MR) is 250 cm³/mol. The van der Waals surface area contributed by atoms with E-state index in [0.29, 0.717) is 0 Å². The molecule has 0 atom stereocenters. The van der Waals surface area contributed by atoms with Gasteiger partial charge in [0.05, 0.1) is 22.4 Å². The van der Waals surface area contributed by atoms with Crippen molar-refractivity contribution in [2.24, 2.45) is 0 Å². The molecule has 10 aromatic carbocycles. The maximum atomic E-state index is 2.45. The van der Waals surface area contributed by atoms with Gasteiger partial charge in [0, 0.05) is 44.6 Å². The average molecular weight is 752 g/mol. The third-order valence-electron chi connectivity index (χ3n) is 12.0. The van der Waals surface area contributed by atoms with Gasteiger partial charge in [0.1, 0.15) is 0 Å². The molecule has 0 aliphatic carbocycles. The van der Waals surface area contributed by atoms with Crippen LogP contribution in [-0.2, 0) is 0 Å². The quantitative estimate of drug-likeness (QED) is 0.178. The van der Waals surface area contributed by atoms with E-state index in [1.165, 1.54) is 49.0 Å². The number of para-hydroxylation sites is 1. The molecule has 59 heavy (non-hydrogen) atoms. The van der Waals surface area contributed by atoms with Crippen molar-refractivity contribution in [3.8, 4) is 27.9 Å². The van der Waals surface area contributed by atoms with Crippen LogP contribution in [0.25, 0.3) is 71.3 Å². The third kappa shape index (κ3) is 5.44. The van der Waals surface area contributed by atoms with Crippen LogP contribution in [-0.4, -0.2) is 4.57 Å². The SMILES string of the molecule is c1cc2cc(c1)N(c1ccc3ccccc3c1)c1cccc(c1)-c1cccc(c1)N(c1cccc3c1c1ccccc1n3-c1cccc3ccccc13)c1cccc-2c1. The van der Waals surface area contributed by atoms with Crippen molar-refractivity contribution in [1.29, 1.82) is 0 Å². The maximum absolute atomic E-state index is 2.45. The van der Waals surface area contributed by atoms with Crippen molar-refractivity contribution < 1.29 is 0 Å². The van der Waals surface area contributed by atoms with Crippen LogP contribution in [0, 0.1) is 0 Å². The minimum Gasteiger partial charge on any atom is -0.310 e. The first-order chi connectivity index (χ1) is 29.2. The zero-order valence-electron chi connectivity index (χ0n) is 32.2. The molecule has 3 nitrogen and oxygen atoms in total. The normalized spacial score (nSPS) is 12.3. The van der Waals surface area contributed by atoms with Crippen molar-refractivity contribution in [3.05, 3.63) is 224 Å². The summed E-state index contributed by atoms with van der Waals surface area (Å²) < 4.78 is 2.45. The molecule has 0 fully saturated rings. The van der Waals surface area contributed by atoms with Crippen LogP contribution in [0.2, 0.25) is 0 Å². The monoisotopic (exact) mass is 751 g/mol. The standard InChI is InChI=1S/C56H37N3/c1-2-15-40-33-49(32-31-38(40)13-1)57-45-21-7-17-41(34-45)43-19-9-23-47(36-43)58(48-24-10-20-44(37-48)42-18-8-22-46(57)35-42)54-29-12-30-55-56(54)51-26-5-6-27-53(51)59(55)52-28-11-16-39-14-3-4-25-50(39)52/h1-37H. The number of hydrogen-bond donors (Lipinski definition) is 0. The van der Waals surface area contributed by atoms with Gasteiger partial charge in [-0.3, -0.25) is 0 Å². The summed E-state index contributed by atoms with van der Waals surface area (Å²) in [5.74, 6) is 0. The predicted octanol–water partition coefficient (Wildman–Crippen LogP) is 15.7. The lowest BCUT2D eigenvalue weighted by Gasteiger charge is -2.29. The molecule has 1 aromatic heterocycles. The van der Waals surface area contributed by atoms with Gasteiger partial charge in [0.15, 0.2) is 0 Å². The van der Waals surface area contributed by atoms with Crippen molar-refractivity contribution in [3.63, 3.8) is 0 Å². The van der Waals surface area contributed by atoms with Crippen molar-refractivity contribution in [2.45, 2.75) is 0 Å². The topological polar surface area (TPSA) is 11.4 Å². The molecule has 12 rings (SSSR count). The Balaban J connectivity index is 1.11. The molecule has 0 saturated carbocycles. The zero-order chi connectivity index (χ0) is 38.9. The summed E-state index contributed by atoms with van der Waals surface area (Å²) in [5, 5.41) is 7.32. The van der Waals surface area contributed by atoms with Crippen LogP contribution in [0.4, 0.5) is 34.1 Å². The summed E-state index contributed by atoms with van der Waals surface area (Å²) in [6.07, 6.45) is 0. The Hall–Kier alpha value is -7.88. The summed E-state index contributed by atoms with van der Waals surface area (Å²) in [6, 6.07) is 82.3. The molecular formula is C56H37N3. The Morgan fingerprint density at radius 2 is 0.712 bits per heavy atom. The summed E-state index contributed by atoms with van der Waals surface area (Å²) >= 11 is 0. The van der Waals surface area contributed by atoms with E-state index < -0.39 is 0 Å². The van der Waals surface area contributed by atoms with Gasteiger partial charge in [-0.2, -0.15) is 0 Å². The molecule has 0 N–H and O–H groups in total. The van der Waals surface area contributed by atoms with E-state index in [9.17, 15) is 0 Å². The van der Waals surface area contributed by atoms with Crippen LogP contribution in [0.3, 0.4) is 0 Å². The number of nitrogens with zero attached hydrogens (tertiary/aromatic N) is 3. The van der Waals surface area contributed by atoms with E-state index in [-0.39, 0.29) is 0 Å². The third-order valence-corrected chi connectivity index (χ3v) is 12.0. The van der Waals surface area contributed by atoms with Gasteiger partial charge in [0.25, 0.3) is 0 Å². The van der Waals surface area contributed by atoms with E-state index in [1.807, 2.05) is 0 Å². The van der Waals surface area contributed by atoms with Crippen LogP contribution in [0.5, 0.6) is 0 Å². The maximum Gasteiger partial charge on any atom is 0.0562 e. The largest absolute Gasteiger partial charge is 0.310 e.